The summed E-state index contributed by atoms with van der Waals surface area (Å²) in [5.41, 5.74) is 0.411. The molecule has 1 aromatic carbocycles. The molecule has 1 fully saturated rings. The molecule has 0 bridgehead atoms. The van der Waals surface area contributed by atoms with Crippen molar-refractivity contribution in [3.8, 4) is 5.75 Å². The molecule has 1 aliphatic heterocycles. The molecule has 0 N–H and O–H groups in total. The van der Waals surface area contributed by atoms with Crippen LogP contribution >= 0.6 is 0 Å². The molecular formula is C16H22FNO2. The van der Waals surface area contributed by atoms with E-state index < -0.39 is 5.82 Å². The quantitative estimate of drug-likeness (QED) is 0.793. The number of likely N-dealkylation sites (tertiary alicyclic amines) is 1. The number of Topliss-reactive ketones (excluding diaryl/α,β-unsaturated/α-hetero) is 1. The van der Waals surface area contributed by atoms with Gasteiger partial charge in [-0.15, -0.1) is 0 Å². The highest BCUT2D eigenvalue weighted by molar-refractivity contribution is 5.97. The Balaban J connectivity index is 2.06. The predicted molar refractivity (Wildman–Crippen MR) is 76.7 cm³/mol. The molecule has 1 heterocycles. The van der Waals surface area contributed by atoms with Crippen LogP contribution in [0.2, 0.25) is 0 Å². The fraction of sp³-hybridized carbons (Fsp3) is 0.562. The Hall–Kier alpha value is -1.42. The summed E-state index contributed by atoms with van der Waals surface area (Å²) in [6, 6.07) is 4.81. The van der Waals surface area contributed by atoms with Crippen LogP contribution in [0.4, 0.5) is 4.39 Å². The summed E-state index contributed by atoms with van der Waals surface area (Å²) in [7, 11) is 1.41. The van der Waals surface area contributed by atoms with E-state index in [1.807, 2.05) is 0 Å². The third kappa shape index (κ3) is 3.37. The minimum absolute atomic E-state index is 0.0347. The van der Waals surface area contributed by atoms with Crippen LogP contribution in [0, 0.1) is 11.7 Å². The maximum Gasteiger partial charge on any atom is 0.176 e. The van der Waals surface area contributed by atoms with E-state index in [1.165, 1.54) is 25.7 Å². The average Bonchev–Trinajstić information content (AvgIpc) is 2.42. The number of carbonyl (C=O) groups is 1. The lowest BCUT2D eigenvalue weighted by Crippen LogP contribution is -2.43. The van der Waals surface area contributed by atoms with Gasteiger partial charge >= 0.3 is 0 Å². The first-order chi connectivity index (χ1) is 9.51. The number of rotatable bonds is 4. The third-order valence-electron chi connectivity index (χ3n) is 4.07. The minimum Gasteiger partial charge on any atom is -0.494 e. The second-order valence-corrected chi connectivity index (χ2v) is 5.73. The molecule has 0 saturated carbocycles. The van der Waals surface area contributed by atoms with Gasteiger partial charge in [0, 0.05) is 18.2 Å². The Bertz CT molecular complexity index is 489. The molecule has 4 heteroatoms. The smallest absolute Gasteiger partial charge is 0.176 e. The van der Waals surface area contributed by atoms with Gasteiger partial charge in [-0.2, -0.15) is 0 Å². The number of benzene rings is 1. The van der Waals surface area contributed by atoms with Crippen molar-refractivity contribution in [1.82, 2.24) is 4.90 Å². The van der Waals surface area contributed by atoms with Crippen LogP contribution in [0.5, 0.6) is 5.75 Å². The number of methoxy groups -OCH3 is 1. The SMILES string of the molecule is COc1ccc(C(=O)CN2CC(C)CCC2C)cc1F. The van der Waals surface area contributed by atoms with E-state index in [2.05, 4.69) is 18.7 Å². The highest BCUT2D eigenvalue weighted by Crippen LogP contribution is 2.22. The lowest BCUT2D eigenvalue weighted by Gasteiger charge is -2.36. The zero-order valence-electron chi connectivity index (χ0n) is 12.4. The molecule has 0 spiro atoms. The van der Waals surface area contributed by atoms with Crippen molar-refractivity contribution in [2.75, 3.05) is 20.2 Å². The second kappa shape index (κ2) is 6.35. The monoisotopic (exact) mass is 279 g/mol. The maximum absolute atomic E-state index is 13.6. The normalized spacial score (nSPS) is 23.6. The van der Waals surface area contributed by atoms with Crippen LogP contribution in [0.3, 0.4) is 0 Å². The van der Waals surface area contributed by atoms with Crippen molar-refractivity contribution < 1.29 is 13.9 Å². The molecule has 110 valence electrons. The Kier molecular flexibility index (Phi) is 4.76. The Morgan fingerprint density at radius 2 is 2.15 bits per heavy atom. The van der Waals surface area contributed by atoms with E-state index in [-0.39, 0.29) is 11.5 Å². The van der Waals surface area contributed by atoms with Crippen LogP contribution in [0.15, 0.2) is 18.2 Å². The number of carbonyl (C=O) groups excluding carboxylic acids is 1. The summed E-state index contributed by atoms with van der Waals surface area (Å²) in [4.78, 5) is 14.5. The van der Waals surface area contributed by atoms with Crippen molar-refractivity contribution in [1.29, 1.82) is 0 Å². The fourth-order valence-corrected chi connectivity index (χ4v) is 2.72. The zero-order chi connectivity index (χ0) is 14.7. The zero-order valence-corrected chi connectivity index (χ0v) is 12.4. The van der Waals surface area contributed by atoms with Crippen molar-refractivity contribution in [2.45, 2.75) is 32.7 Å². The first-order valence-corrected chi connectivity index (χ1v) is 7.12. The Morgan fingerprint density at radius 1 is 1.40 bits per heavy atom. The number of hydrogen-bond acceptors (Lipinski definition) is 3. The van der Waals surface area contributed by atoms with Gasteiger partial charge < -0.3 is 4.74 Å². The fourth-order valence-electron chi connectivity index (χ4n) is 2.72. The number of hydrogen-bond donors (Lipinski definition) is 0. The molecule has 3 nitrogen and oxygen atoms in total. The van der Waals surface area contributed by atoms with E-state index in [4.69, 9.17) is 4.74 Å². The summed E-state index contributed by atoms with van der Waals surface area (Å²) in [5, 5.41) is 0. The van der Waals surface area contributed by atoms with Gasteiger partial charge in [0.2, 0.25) is 0 Å². The summed E-state index contributed by atoms with van der Waals surface area (Å²) in [5.74, 6) is 0.263. The standard InChI is InChI=1S/C16H22FNO2/c1-11-4-5-12(2)18(9-11)10-15(19)13-6-7-16(20-3)14(17)8-13/h6-8,11-12H,4-5,9-10H2,1-3H3. The second-order valence-electron chi connectivity index (χ2n) is 5.73. The Labute approximate surface area is 119 Å². The van der Waals surface area contributed by atoms with Gasteiger partial charge in [-0.3, -0.25) is 9.69 Å². The largest absolute Gasteiger partial charge is 0.494 e. The molecule has 0 amide bonds. The predicted octanol–water partition coefficient (Wildman–Crippen LogP) is 3.14. The van der Waals surface area contributed by atoms with E-state index in [0.717, 1.165) is 13.0 Å². The van der Waals surface area contributed by atoms with Gasteiger partial charge in [0.15, 0.2) is 17.3 Å². The number of ether oxygens (including phenoxy) is 1. The molecule has 2 unspecified atom stereocenters. The van der Waals surface area contributed by atoms with Crippen molar-refractivity contribution >= 4 is 5.78 Å². The number of ketones is 1. The van der Waals surface area contributed by atoms with E-state index in [0.29, 0.717) is 24.1 Å². The van der Waals surface area contributed by atoms with Crippen molar-refractivity contribution in [2.24, 2.45) is 5.92 Å². The molecular weight excluding hydrogens is 257 g/mol. The minimum atomic E-state index is -0.488. The van der Waals surface area contributed by atoms with Gasteiger partial charge in [0.1, 0.15) is 0 Å². The van der Waals surface area contributed by atoms with Crippen LogP contribution in [0.25, 0.3) is 0 Å². The summed E-state index contributed by atoms with van der Waals surface area (Å²) in [6.45, 7) is 5.65. The molecule has 1 saturated heterocycles. The van der Waals surface area contributed by atoms with Crippen LogP contribution in [0.1, 0.15) is 37.0 Å². The number of nitrogens with zero attached hydrogens (tertiary/aromatic N) is 1. The van der Waals surface area contributed by atoms with E-state index >= 15 is 0 Å². The van der Waals surface area contributed by atoms with Gasteiger partial charge in [-0.1, -0.05) is 6.92 Å². The molecule has 1 aromatic rings. The highest BCUT2D eigenvalue weighted by Gasteiger charge is 2.25. The molecule has 2 rings (SSSR count). The summed E-state index contributed by atoms with van der Waals surface area (Å²) < 4.78 is 18.5. The van der Waals surface area contributed by atoms with Gasteiger partial charge in [0.25, 0.3) is 0 Å². The van der Waals surface area contributed by atoms with Crippen molar-refractivity contribution in [3.05, 3.63) is 29.6 Å². The lowest BCUT2D eigenvalue weighted by molar-refractivity contribution is 0.0805. The number of halogens is 1. The molecule has 1 aliphatic rings. The molecule has 2 atom stereocenters. The Morgan fingerprint density at radius 3 is 2.80 bits per heavy atom. The molecule has 0 radical (unpaired) electrons. The summed E-state index contributed by atoms with van der Waals surface area (Å²) >= 11 is 0. The summed E-state index contributed by atoms with van der Waals surface area (Å²) in [6.07, 6.45) is 2.33. The molecule has 20 heavy (non-hydrogen) atoms. The van der Waals surface area contributed by atoms with Gasteiger partial charge in [-0.05, 0) is 43.9 Å². The third-order valence-corrected chi connectivity index (χ3v) is 4.07. The molecule has 0 aromatic heterocycles. The van der Waals surface area contributed by atoms with Crippen LogP contribution in [-0.4, -0.2) is 36.9 Å². The van der Waals surface area contributed by atoms with E-state index in [9.17, 15) is 9.18 Å². The van der Waals surface area contributed by atoms with Gasteiger partial charge in [0.05, 0.1) is 13.7 Å². The number of piperidine rings is 1. The van der Waals surface area contributed by atoms with E-state index in [1.54, 1.807) is 6.07 Å². The first-order valence-electron chi connectivity index (χ1n) is 7.12. The topological polar surface area (TPSA) is 29.5 Å². The first kappa shape index (κ1) is 15.0. The molecule has 0 aliphatic carbocycles. The maximum atomic E-state index is 13.6. The van der Waals surface area contributed by atoms with Gasteiger partial charge in [-0.25, -0.2) is 4.39 Å². The highest BCUT2D eigenvalue weighted by atomic mass is 19.1. The average molecular weight is 279 g/mol. The van der Waals surface area contributed by atoms with Crippen molar-refractivity contribution in [3.63, 3.8) is 0 Å². The van der Waals surface area contributed by atoms with Crippen LogP contribution in [-0.2, 0) is 0 Å². The van der Waals surface area contributed by atoms with Crippen LogP contribution < -0.4 is 4.74 Å². The lowest BCUT2D eigenvalue weighted by atomic mass is 9.94.